The van der Waals surface area contributed by atoms with E-state index in [4.69, 9.17) is 10.5 Å². The van der Waals surface area contributed by atoms with Gasteiger partial charge in [0, 0.05) is 17.8 Å². The molecule has 0 unspecified atom stereocenters. The van der Waals surface area contributed by atoms with E-state index >= 15 is 0 Å². The van der Waals surface area contributed by atoms with Gasteiger partial charge in [0.1, 0.15) is 18.2 Å². The van der Waals surface area contributed by atoms with Crippen LogP contribution in [0.15, 0.2) is 60.4 Å². The molecule has 0 radical (unpaired) electrons. The minimum Gasteiger partial charge on any atom is -0.487 e. The Morgan fingerprint density at radius 3 is 2.23 bits per heavy atom. The highest BCUT2D eigenvalue weighted by Crippen LogP contribution is 2.29. The molecule has 0 saturated heterocycles. The molecule has 0 aliphatic carbocycles. The minimum absolute atomic E-state index is 0.0677. The van der Waals surface area contributed by atoms with Crippen LogP contribution in [-0.4, -0.2) is 19.1 Å². The molecule has 0 fully saturated rings. The molecule has 0 bridgehead atoms. The third-order valence-corrected chi connectivity index (χ3v) is 3.30. The van der Waals surface area contributed by atoms with Crippen molar-refractivity contribution in [1.29, 1.82) is 0 Å². The fourth-order valence-electron chi connectivity index (χ4n) is 1.99. The maximum Gasteiger partial charge on any atom is 0.416 e. The number of halogens is 4. The number of alkyl halides is 3. The zero-order chi connectivity index (χ0) is 19.2. The minimum atomic E-state index is -4.43. The zero-order valence-electron chi connectivity index (χ0n) is 13.5. The number of hydrogen-bond acceptors (Lipinski definition) is 3. The molecule has 3 N–H and O–H groups in total. The number of benzene rings is 2. The summed E-state index contributed by atoms with van der Waals surface area (Å²) in [6.07, 6.45) is -3.25. The molecule has 8 heteroatoms. The molecule has 2 rings (SSSR count). The lowest BCUT2D eigenvalue weighted by molar-refractivity contribution is -0.137. The second-order valence-electron chi connectivity index (χ2n) is 5.23. The van der Waals surface area contributed by atoms with Crippen LogP contribution < -0.4 is 15.8 Å². The van der Waals surface area contributed by atoms with Crippen LogP contribution in [0.3, 0.4) is 0 Å². The van der Waals surface area contributed by atoms with Crippen molar-refractivity contribution in [2.45, 2.75) is 6.18 Å². The summed E-state index contributed by atoms with van der Waals surface area (Å²) in [4.78, 5) is 12.1. The summed E-state index contributed by atoms with van der Waals surface area (Å²) < 4.78 is 55.9. The number of ether oxygens (including phenoxy) is 1. The molecule has 0 aliphatic heterocycles. The molecule has 0 spiro atoms. The average molecular weight is 368 g/mol. The van der Waals surface area contributed by atoms with Gasteiger partial charge in [0.05, 0.1) is 5.56 Å². The van der Waals surface area contributed by atoms with Gasteiger partial charge < -0.3 is 15.8 Å². The van der Waals surface area contributed by atoms with Crippen molar-refractivity contribution in [3.63, 3.8) is 0 Å². The summed E-state index contributed by atoms with van der Waals surface area (Å²) in [5.41, 5.74) is 4.88. The van der Waals surface area contributed by atoms with Crippen LogP contribution in [0.2, 0.25) is 0 Å². The Hall–Kier alpha value is -2.87. The van der Waals surface area contributed by atoms with E-state index in [9.17, 15) is 22.4 Å². The molecule has 26 heavy (non-hydrogen) atoms. The quantitative estimate of drug-likeness (QED) is 0.753. The van der Waals surface area contributed by atoms with Gasteiger partial charge in [-0.15, -0.1) is 0 Å². The van der Waals surface area contributed by atoms with Gasteiger partial charge in [0.15, 0.2) is 0 Å². The van der Waals surface area contributed by atoms with Gasteiger partial charge in [0.2, 0.25) is 0 Å². The maximum atomic E-state index is 13.2. The molecule has 2 aromatic rings. The number of hydrogen-bond donors (Lipinski definition) is 2. The largest absolute Gasteiger partial charge is 0.487 e. The molecule has 1 amide bonds. The van der Waals surface area contributed by atoms with Crippen LogP contribution in [0.1, 0.15) is 15.9 Å². The van der Waals surface area contributed by atoms with Crippen molar-refractivity contribution in [2.75, 3.05) is 18.5 Å². The molecule has 2 aromatic carbocycles. The molecule has 0 atom stereocenters. The molecule has 0 aliphatic rings. The van der Waals surface area contributed by atoms with E-state index in [2.05, 4.69) is 5.32 Å². The second kappa shape index (κ2) is 8.48. The zero-order valence-corrected chi connectivity index (χ0v) is 13.5. The standard InChI is InChI=1S/C18H16F4N2O2/c19-14(9-10-23)11-26-16-7-1-12(2-8-16)17(25)24-15-5-3-13(4-6-15)18(20,21)22/h1-9H,10-11,23H2,(H,24,25)/b14-9-. The summed E-state index contributed by atoms with van der Waals surface area (Å²) in [7, 11) is 0. The number of nitrogens with one attached hydrogen (secondary N) is 1. The van der Waals surface area contributed by atoms with E-state index in [0.717, 1.165) is 12.1 Å². The van der Waals surface area contributed by atoms with Crippen molar-refractivity contribution in [3.05, 3.63) is 71.6 Å². The Morgan fingerprint density at radius 2 is 1.69 bits per heavy atom. The normalized spacial score (nSPS) is 12.0. The van der Waals surface area contributed by atoms with Crippen LogP contribution in [0.25, 0.3) is 0 Å². The Labute approximate surface area is 147 Å². The number of carbonyl (C=O) groups excluding carboxylic acids is 1. The van der Waals surface area contributed by atoms with E-state index in [-0.39, 0.29) is 24.4 Å². The first kappa shape index (κ1) is 19.5. The Balaban J connectivity index is 1.96. The van der Waals surface area contributed by atoms with E-state index < -0.39 is 23.5 Å². The molecule has 4 nitrogen and oxygen atoms in total. The van der Waals surface area contributed by atoms with E-state index in [1.807, 2.05) is 0 Å². The number of anilines is 1. The van der Waals surface area contributed by atoms with Crippen LogP contribution in [-0.2, 0) is 6.18 Å². The van der Waals surface area contributed by atoms with Crippen molar-refractivity contribution in [3.8, 4) is 5.75 Å². The van der Waals surface area contributed by atoms with E-state index in [1.54, 1.807) is 0 Å². The summed E-state index contributed by atoms with van der Waals surface area (Å²) >= 11 is 0. The number of amides is 1. The monoisotopic (exact) mass is 368 g/mol. The average Bonchev–Trinajstić information content (AvgIpc) is 2.60. The molecular formula is C18H16F4N2O2. The SMILES string of the molecule is NC/C=C(\F)COc1ccc(C(=O)Nc2ccc(C(F)(F)F)cc2)cc1. The third kappa shape index (κ3) is 5.59. The van der Waals surface area contributed by atoms with E-state index in [1.165, 1.54) is 42.5 Å². The van der Waals surface area contributed by atoms with Crippen molar-refractivity contribution < 1.29 is 27.1 Å². The van der Waals surface area contributed by atoms with Gasteiger partial charge in [-0.05, 0) is 54.6 Å². The highest BCUT2D eigenvalue weighted by Gasteiger charge is 2.29. The first-order valence-corrected chi connectivity index (χ1v) is 7.55. The predicted molar refractivity (Wildman–Crippen MR) is 89.6 cm³/mol. The lowest BCUT2D eigenvalue weighted by atomic mass is 10.1. The number of carbonyl (C=O) groups is 1. The van der Waals surface area contributed by atoms with E-state index in [0.29, 0.717) is 5.75 Å². The molecule has 0 heterocycles. The van der Waals surface area contributed by atoms with Gasteiger partial charge >= 0.3 is 6.18 Å². The van der Waals surface area contributed by atoms with Crippen LogP contribution in [0.5, 0.6) is 5.75 Å². The summed E-state index contributed by atoms with van der Waals surface area (Å²) in [6, 6.07) is 9.99. The smallest absolute Gasteiger partial charge is 0.416 e. The van der Waals surface area contributed by atoms with Crippen LogP contribution in [0, 0.1) is 0 Å². The molecular weight excluding hydrogens is 352 g/mol. The Bertz CT molecular complexity index is 769. The lowest BCUT2D eigenvalue weighted by Crippen LogP contribution is -2.12. The van der Waals surface area contributed by atoms with Crippen LogP contribution >= 0.6 is 0 Å². The van der Waals surface area contributed by atoms with Crippen LogP contribution in [0.4, 0.5) is 23.2 Å². The van der Waals surface area contributed by atoms with Gasteiger partial charge in [-0.1, -0.05) is 0 Å². The van der Waals surface area contributed by atoms with Gasteiger partial charge in [-0.2, -0.15) is 13.2 Å². The Morgan fingerprint density at radius 1 is 1.08 bits per heavy atom. The molecule has 0 saturated carbocycles. The predicted octanol–water partition coefficient (Wildman–Crippen LogP) is 4.15. The van der Waals surface area contributed by atoms with Gasteiger partial charge in [0.25, 0.3) is 5.91 Å². The molecule has 0 aromatic heterocycles. The topological polar surface area (TPSA) is 64.3 Å². The molecule has 138 valence electrons. The summed E-state index contributed by atoms with van der Waals surface area (Å²) in [6.45, 7) is -0.202. The number of rotatable bonds is 6. The van der Waals surface area contributed by atoms with Crippen molar-refractivity contribution >= 4 is 11.6 Å². The highest BCUT2D eigenvalue weighted by molar-refractivity contribution is 6.04. The summed E-state index contributed by atoms with van der Waals surface area (Å²) in [5.74, 6) is -0.640. The summed E-state index contributed by atoms with van der Waals surface area (Å²) in [5, 5.41) is 2.49. The highest BCUT2D eigenvalue weighted by atomic mass is 19.4. The second-order valence-corrected chi connectivity index (χ2v) is 5.23. The van der Waals surface area contributed by atoms with Gasteiger partial charge in [-0.3, -0.25) is 4.79 Å². The third-order valence-electron chi connectivity index (χ3n) is 3.30. The van der Waals surface area contributed by atoms with Crippen molar-refractivity contribution in [2.24, 2.45) is 5.73 Å². The van der Waals surface area contributed by atoms with Gasteiger partial charge in [-0.25, -0.2) is 4.39 Å². The first-order chi connectivity index (χ1) is 12.3. The number of nitrogens with two attached hydrogens (primary N) is 1. The fraction of sp³-hybridized carbons (Fsp3) is 0.167. The fourth-order valence-corrected chi connectivity index (χ4v) is 1.99. The van der Waals surface area contributed by atoms with Crippen molar-refractivity contribution in [1.82, 2.24) is 0 Å². The lowest BCUT2D eigenvalue weighted by Gasteiger charge is -2.09. The first-order valence-electron chi connectivity index (χ1n) is 7.55. The maximum absolute atomic E-state index is 13.2. The Kier molecular flexibility index (Phi) is 6.35.